The average molecular weight is 937 g/mol. The highest BCUT2D eigenvalue weighted by molar-refractivity contribution is 6.32. The van der Waals surface area contributed by atoms with E-state index in [1.807, 2.05) is 48.5 Å². The highest BCUT2D eigenvalue weighted by Crippen LogP contribution is 2.40. The zero-order valence-corrected chi connectivity index (χ0v) is 39.2. The maximum atomic E-state index is 13.9. The molecular weight excluding hydrogens is 882 g/mol. The number of halogens is 1. The summed E-state index contributed by atoms with van der Waals surface area (Å²) in [6, 6.07) is 26.9. The molecule has 16 nitrogen and oxygen atoms in total. The third kappa shape index (κ3) is 8.47. The number of urea groups is 1. The van der Waals surface area contributed by atoms with Crippen LogP contribution < -0.4 is 35.3 Å². The quantitative estimate of drug-likeness (QED) is 0.139. The van der Waals surface area contributed by atoms with Gasteiger partial charge in [-0.1, -0.05) is 42.8 Å². The van der Waals surface area contributed by atoms with Crippen LogP contribution in [0.2, 0.25) is 5.02 Å². The van der Waals surface area contributed by atoms with Gasteiger partial charge < -0.3 is 14.5 Å². The fourth-order valence-electron chi connectivity index (χ4n) is 10.4. The second-order valence-corrected chi connectivity index (χ2v) is 18.2. The van der Waals surface area contributed by atoms with Crippen LogP contribution in [-0.2, 0) is 23.1 Å². The molecule has 17 heteroatoms. The van der Waals surface area contributed by atoms with Gasteiger partial charge in [0.2, 0.25) is 11.8 Å². The van der Waals surface area contributed by atoms with Crippen molar-refractivity contribution in [1.82, 2.24) is 34.5 Å². The molecule has 1 unspecified atom stereocenters. The van der Waals surface area contributed by atoms with Crippen molar-refractivity contribution < 1.29 is 19.1 Å². The van der Waals surface area contributed by atoms with Gasteiger partial charge in [-0.05, 0) is 108 Å². The molecule has 350 valence electrons. The SMILES string of the molecule is CCc1c(-c2ccc(-n3c(OC)nn(C)c3=O)cc2-c2ccc(N3CCC(N4CCN(c5ccc(C6CCC(=O)NC6=O)c(Cl)c5)CC4)CC3)cc2)ccnc1N1CCN(c2cccnc2)C1=O. The number of benzene rings is 3. The molecule has 4 saturated heterocycles. The summed E-state index contributed by atoms with van der Waals surface area (Å²) >= 11 is 6.74. The van der Waals surface area contributed by atoms with Gasteiger partial charge in [-0.3, -0.25) is 34.6 Å². The van der Waals surface area contributed by atoms with E-state index < -0.39 is 5.92 Å². The second kappa shape index (κ2) is 18.9. The maximum absolute atomic E-state index is 13.9. The second-order valence-electron chi connectivity index (χ2n) is 17.8. The minimum absolute atomic E-state index is 0.142. The number of ether oxygens (including phenoxy) is 1. The first-order valence-corrected chi connectivity index (χ1v) is 23.8. The molecule has 3 aromatic carbocycles. The first-order chi connectivity index (χ1) is 33.1. The van der Waals surface area contributed by atoms with Crippen LogP contribution in [0.1, 0.15) is 49.7 Å². The number of aromatic nitrogens is 5. The van der Waals surface area contributed by atoms with E-state index >= 15 is 0 Å². The number of imide groups is 1. The van der Waals surface area contributed by atoms with Gasteiger partial charge >= 0.3 is 17.7 Å². The first-order valence-electron chi connectivity index (χ1n) is 23.4. The van der Waals surface area contributed by atoms with Gasteiger partial charge in [0.1, 0.15) is 5.82 Å². The number of piperazine rings is 1. The van der Waals surface area contributed by atoms with E-state index in [4.69, 9.17) is 21.3 Å². The molecule has 0 aliphatic carbocycles. The average Bonchev–Trinajstić information content (AvgIpc) is 3.90. The van der Waals surface area contributed by atoms with Crippen molar-refractivity contribution in [3.8, 4) is 34.0 Å². The number of hydrogen-bond acceptors (Lipinski definition) is 11. The van der Waals surface area contributed by atoms with Crippen molar-refractivity contribution in [3.05, 3.63) is 124 Å². The summed E-state index contributed by atoms with van der Waals surface area (Å²) in [7, 11) is 3.11. The molecule has 1 N–H and O–H groups in total. The number of nitrogens with zero attached hydrogens (tertiary/aromatic N) is 10. The van der Waals surface area contributed by atoms with Crippen LogP contribution in [0.25, 0.3) is 27.9 Å². The molecule has 0 saturated carbocycles. The molecule has 4 fully saturated rings. The lowest BCUT2D eigenvalue weighted by Gasteiger charge is -2.44. The van der Waals surface area contributed by atoms with Gasteiger partial charge in [0.05, 0.1) is 30.6 Å². The molecule has 0 bridgehead atoms. The smallest absolute Gasteiger partial charge is 0.353 e. The van der Waals surface area contributed by atoms with E-state index in [1.165, 1.54) is 16.4 Å². The Morgan fingerprint density at radius 2 is 1.47 bits per heavy atom. The summed E-state index contributed by atoms with van der Waals surface area (Å²) in [5, 5.41) is 7.31. The van der Waals surface area contributed by atoms with Crippen LogP contribution >= 0.6 is 11.6 Å². The van der Waals surface area contributed by atoms with Gasteiger partial charge in [-0.25, -0.2) is 23.8 Å². The van der Waals surface area contributed by atoms with E-state index in [2.05, 4.69) is 67.4 Å². The number of rotatable bonds is 11. The van der Waals surface area contributed by atoms with Gasteiger partial charge in [0, 0.05) is 106 Å². The number of amides is 4. The fourth-order valence-corrected chi connectivity index (χ4v) is 10.7. The molecular formula is C51H54ClN11O5. The molecule has 4 amide bonds. The summed E-state index contributed by atoms with van der Waals surface area (Å²) in [4.78, 5) is 71.4. The predicted molar refractivity (Wildman–Crippen MR) is 263 cm³/mol. The van der Waals surface area contributed by atoms with E-state index in [9.17, 15) is 19.2 Å². The number of carbonyl (C=O) groups is 3. The molecule has 0 radical (unpaired) electrons. The van der Waals surface area contributed by atoms with E-state index in [0.29, 0.717) is 54.9 Å². The lowest BCUT2D eigenvalue weighted by Crippen LogP contribution is -2.53. The molecule has 4 aliphatic rings. The van der Waals surface area contributed by atoms with Gasteiger partial charge in [-0.15, -0.1) is 5.10 Å². The van der Waals surface area contributed by atoms with Crippen LogP contribution in [-0.4, -0.2) is 113 Å². The highest BCUT2D eigenvalue weighted by Gasteiger charge is 2.35. The van der Waals surface area contributed by atoms with E-state index in [0.717, 1.165) is 103 Å². The topological polar surface area (TPSA) is 154 Å². The normalized spacial score (nSPS) is 18.4. The van der Waals surface area contributed by atoms with Crippen LogP contribution in [0, 0.1) is 0 Å². The van der Waals surface area contributed by atoms with Crippen LogP contribution in [0.15, 0.2) is 102 Å². The molecule has 68 heavy (non-hydrogen) atoms. The van der Waals surface area contributed by atoms with Crippen LogP contribution in [0.4, 0.5) is 27.7 Å². The first kappa shape index (κ1) is 44.8. The van der Waals surface area contributed by atoms with E-state index in [-0.39, 0.29) is 29.5 Å². The predicted octanol–water partition coefficient (Wildman–Crippen LogP) is 6.68. The standard InChI is InChI=1S/C51H54ClN11O5/c1-4-39-41(17-21-54-47(39)62-29-28-61(51(62)67)38-6-5-20-53-32-38)40-13-12-37(63-49(68-3)56-57(2)50(63)66)30-44(40)33-7-9-34(10-8-33)58-22-18-35(19-23-58)59-24-26-60(27-25-59)36-11-14-42(45(52)31-36)43-15-16-46(64)55-48(43)65/h5-14,17,20-21,30-32,35,43H,4,15-16,18-19,22-29H2,1-3H3,(H,55,64,65). The molecule has 6 aromatic rings. The summed E-state index contributed by atoms with van der Waals surface area (Å²) in [6.07, 6.45) is 8.72. The monoisotopic (exact) mass is 935 g/mol. The molecule has 3 aromatic heterocycles. The summed E-state index contributed by atoms with van der Waals surface area (Å²) in [5.74, 6) is -0.281. The Morgan fingerprint density at radius 3 is 2.18 bits per heavy atom. The molecule has 7 heterocycles. The van der Waals surface area contributed by atoms with E-state index in [1.54, 1.807) is 35.4 Å². The maximum Gasteiger partial charge on any atom is 0.353 e. The number of nitrogens with one attached hydrogen (secondary N) is 1. The van der Waals surface area contributed by atoms with Crippen molar-refractivity contribution >= 4 is 52.3 Å². The minimum Gasteiger partial charge on any atom is -0.467 e. The van der Waals surface area contributed by atoms with Crippen molar-refractivity contribution in [2.45, 2.75) is 51.0 Å². The Labute approximate surface area is 399 Å². The highest BCUT2D eigenvalue weighted by atomic mass is 35.5. The van der Waals surface area contributed by atoms with Crippen molar-refractivity contribution in [2.75, 3.05) is 79.1 Å². The number of pyridine rings is 2. The molecule has 4 aliphatic heterocycles. The largest absolute Gasteiger partial charge is 0.467 e. The molecule has 0 spiro atoms. The van der Waals surface area contributed by atoms with Crippen LogP contribution in [0.3, 0.4) is 0 Å². The van der Waals surface area contributed by atoms with Gasteiger partial charge in [-0.2, -0.15) is 0 Å². The number of hydrogen-bond donors (Lipinski definition) is 1. The van der Waals surface area contributed by atoms with Crippen molar-refractivity contribution in [1.29, 1.82) is 0 Å². The Morgan fingerprint density at radius 1 is 0.735 bits per heavy atom. The van der Waals surface area contributed by atoms with Crippen LogP contribution in [0.5, 0.6) is 6.01 Å². The number of anilines is 4. The van der Waals surface area contributed by atoms with Gasteiger partial charge in [0.25, 0.3) is 0 Å². The zero-order valence-electron chi connectivity index (χ0n) is 38.5. The Hall–Kier alpha value is -7.04. The number of methoxy groups -OCH3 is 1. The van der Waals surface area contributed by atoms with Gasteiger partial charge in [0.15, 0.2) is 0 Å². The Balaban J connectivity index is 0.856. The number of piperidine rings is 2. The molecule has 10 rings (SSSR count). The fraction of sp³-hybridized carbons (Fsp3) is 0.353. The molecule has 1 atom stereocenters. The summed E-state index contributed by atoms with van der Waals surface area (Å²) in [6.45, 7) is 8.68. The third-order valence-electron chi connectivity index (χ3n) is 14.0. The third-order valence-corrected chi connectivity index (χ3v) is 14.4. The summed E-state index contributed by atoms with van der Waals surface area (Å²) < 4.78 is 8.28. The van der Waals surface area contributed by atoms with Crippen molar-refractivity contribution in [2.24, 2.45) is 7.05 Å². The number of aryl methyl sites for hydroxylation is 1. The minimum atomic E-state index is -0.404. The number of carbonyl (C=O) groups excluding carboxylic acids is 3. The lowest BCUT2D eigenvalue weighted by atomic mass is 9.90. The zero-order chi connectivity index (χ0) is 47.1. The Bertz CT molecular complexity index is 2930. The lowest BCUT2D eigenvalue weighted by molar-refractivity contribution is -0.134. The summed E-state index contributed by atoms with van der Waals surface area (Å²) in [5.41, 5.74) is 8.76. The Kier molecular flexibility index (Phi) is 12.5. The van der Waals surface area contributed by atoms with Crippen molar-refractivity contribution in [3.63, 3.8) is 0 Å².